The molecule has 0 aliphatic carbocycles. The summed E-state index contributed by atoms with van der Waals surface area (Å²) in [6.45, 7) is 0. The Morgan fingerprint density at radius 2 is 2.00 bits per heavy atom. The van der Waals surface area contributed by atoms with E-state index in [4.69, 9.17) is 4.42 Å². The molecular formula is C16H11NO4S. The van der Waals surface area contributed by atoms with Crippen molar-refractivity contribution in [2.75, 3.05) is 0 Å². The van der Waals surface area contributed by atoms with Crippen molar-refractivity contribution in [2.45, 2.75) is 5.22 Å². The fourth-order valence-corrected chi connectivity index (χ4v) is 2.64. The molecule has 0 amide bonds. The molecule has 1 heterocycles. The van der Waals surface area contributed by atoms with Gasteiger partial charge in [-0.2, -0.15) is 0 Å². The number of oxazole rings is 1. The SMILES string of the molecule is O=C(O)/C(=C/c1cccc(O)c1)Sc1nc2ccccc2o1. The first kappa shape index (κ1) is 14.2. The number of aromatic hydroxyl groups is 1. The molecule has 22 heavy (non-hydrogen) atoms. The number of hydrogen-bond donors (Lipinski definition) is 2. The molecule has 3 rings (SSSR count). The van der Waals surface area contributed by atoms with Gasteiger partial charge in [0, 0.05) is 0 Å². The van der Waals surface area contributed by atoms with Crippen molar-refractivity contribution in [1.82, 2.24) is 4.98 Å². The van der Waals surface area contributed by atoms with Crippen LogP contribution in [0.1, 0.15) is 5.56 Å². The van der Waals surface area contributed by atoms with Crippen molar-refractivity contribution in [3.05, 3.63) is 59.0 Å². The molecule has 0 saturated heterocycles. The third kappa shape index (κ3) is 3.12. The van der Waals surface area contributed by atoms with Gasteiger partial charge in [0.05, 0.1) is 0 Å². The second-order valence-electron chi connectivity index (χ2n) is 4.46. The second kappa shape index (κ2) is 5.95. The number of carbonyl (C=O) groups is 1. The number of carboxylic acid groups (broad SMARTS) is 1. The number of rotatable bonds is 4. The molecule has 0 unspecified atom stereocenters. The highest BCUT2D eigenvalue weighted by atomic mass is 32.2. The lowest BCUT2D eigenvalue weighted by atomic mass is 10.2. The van der Waals surface area contributed by atoms with E-state index >= 15 is 0 Å². The van der Waals surface area contributed by atoms with Crippen LogP contribution in [0.15, 0.2) is 63.1 Å². The second-order valence-corrected chi connectivity index (χ2v) is 5.45. The van der Waals surface area contributed by atoms with Gasteiger partial charge in [0.2, 0.25) is 0 Å². The highest BCUT2D eigenvalue weighted by molar-refractivity contribution is 8.03. The van der Waals surface area contributed by atoms with Crippen LogP contribution in [0.4, 0.5) is 0 Å². The average molecular weight is 313 g/mol. The average Bonchev–Trinajstić information content (AvgIpc) is 2.89. The Hall–Kier alpha value is -2.73. The van der Waals surface area contributed by atoms with Gasteiger partial charge in [-0.15, -0.1) is 0 Å². The molecule has 2 aromatic carbocycles. The number of thioether (sulfide) groups is 1. The fourth-order valence-electron chi connectivity index (χ4n) is 1.89. The number of nitrogens with zero attached hydrogens (tertiary/aromatic N) is 1. The molecule has 5 nitrogen and oxygen atoms in total. The molecular weight excluding hydrogens is 302 g/mol. The Morgan fingerprint density at radius 1 is 1.18 bits per heavy atom. The molecule has 0 fully saturated rings. The Morgan fingerprint density at radius 3 is 2.73 bits per heavy atom. The highest BCUT2D eigenvalue weighted by Crippen LogP contribution is 2.30. The van der Waals surface area contributed by atoms with E-state index in [1.807, 2.05) is 12.1 Å². The molecule has 0 atom stereocenters. The lowest BCUT2D eigenvalue weighted by Crippen LogP contribution is -1.96. The molecule has 0 radical (unpaired) electrons. The summed E-state index contributed by atoms with van der Waals surface area (Å²) in [5, 5.41) is 19.0. The Bertz CT molecular complexity index is 836. The van der Waals surface area contributed by atoms with Crippen molar-refractivity contribution < 1.29 is 19.4 Å². The van der Waals surface area contributed by atoms with E-state index in [0.717, 1.165) is 11.8 Å². The summed E-state index contributed by atoms with van der Waals surface area (Å²) >= 11 is 0.925. The molecule has 2 N–H and O–H groups in total. The Kier molecular flexibility index (Phi) is 3.84. The number of phenolic OH excluding ortho intramolecular Hbond substituents is 1. The van der Waals surface area contributed by atoms with Crippen LogP contribution < -0.4 is 0 Å². The third-order valence-electron chi connectivity index (χ3n) is 2.85. The number of fused-ring (bicyclic) bond motifs is 1. The summed E-state index contributed by atoms with van der Waals surface area (Å²) in [5.41, 5.74) is 1.86. The maximum absolute atomic E-state index is 11.4. The van der Waals surface area contributed by atoms with Crippen molar-refractivity contribution in [3.63, 3.8) is 0 Å². The third-order valence-corrected chi connectivity index (χ3v) is 3.71. The van der Waals surface area contributed by atoms with Crippen LogP contribution >= 0.6 is 11.8 Å². The largest absolute Gasteiger partial charge is 0.508 e. The summed E-state index contributed by atoms with van der Waals surface area (Å²) in [6.07, 6.45) is 1.46. The smallest absolute Gasteiger partial charge is 0.342 e. The van der Waals surface area contributed by atoms with Gasteiger partial charge in [0.15, 0.2) is 5.58 Å². The van der Waals surface area contributed by atoms with Crippen molar-refractivity contribution in [1.29, 1.82) is 0 Å². The van der Waals surface area contributed by atoms with Gasteiger partial charge >= 0.3 is 5.97 Å². The maximum Gasteiger partial charge on any atom is 0.342 e. The van der Waals surface area contributed by atoms with E-state index < -0.39 is 5.97 Å². The van der Waals surface area contributed by atoms with Crippen molar-refractivity contribution >= 4 is 34.9 Å². The predicted octanol–water partition coefficient (Wildman–Crippen LogP) is 3.75. The lowest BCUT2D eigenvalue weighted by molar-refractivity contribution is -0.131. The first-order chi connectivity index (χ1) is 10.6. The number of aliphatic carboxylic acids is 1. The number of carboxylic acids is 1. The van der Waals surface area contributed by atoms with Gasteiger partial charge in [0.25, 0.3) is 5.22 Å². The van der Waals surface area contributed by atoms with Gasteiger partial charge < -0.3 is 14.6 Å². The normalized spacial score (nSPS) is 11.7. The van der Waals surface area contributed by atoms with E-state index in [1.54, 1.807) is 24.3 Å². The number of aromatic nitrogens is 1. The summed E-state index contributed by atoms with van der Waals surface area (Å²) in [7, 11) is 0. The zero-order chi connectivity index (χ0) is 15.5. The Labute approximate surface area is 129 Å². The summed E-state index contributed by atoms with van der Waals surface area (Å²) < 4.78 is 5.51. The topological polar surface area (TPSA) is 83.6 Å². The predicted molar refractivity (Wildman–Crippen MR) is 83.6 cm³/mol. The molecule has 1 aromatic heterocycles. The van der Waals surface area contributed by atoms with Gasteiger partial charge in [0.1, 0.15) is 16.2 Å². The summed E-state index contributed by atoms with van der Waals surface area (Å²) in [5.74, 6) is -1.01. The molecule has 0 aliphatic rings. The standard InChI is InChI=1S/C16H11NO4S/c18-11-5-3-4-10(8-11)9-14(15(19)20)22-16-17-12-6-1-2-7-13(12)21-16/h1-9,18H,(H,19,20)/b14-9-. The zero-order valence-corrected chi connectivity index (χ0v) is 12.1. The van der Waals surface area contributed by atoms with Crippen molar-refractivity contribution in [3.8, 4) is 5.75 Å². The molecule has 110 valence electrons. The minimum absolute atomic E-state index is 0.0529. The van der Waals surface area contributed by atoms with E-state index in [1.165, 1.54) is 18.2 Å². The number of para-hydroxylation sites is 2. The first-order valence-electron chi connectivity index (χ1n) is 6.39. The van der Waals surface area contributed by atoms with Crippen LogP contribution in [-0.2, 0) is 4.79 Å². The van der Waals surface area contributed by atoms with Crippen LogP contribution in [0.25, 0.3) is 17.2 Å². The van der Waals surface area contributed by atoms with E-state index in [-0.39, 0.29) is 15.9 Å². The zero-order valence-electron chi connectivity index (χ0n) is 11.3. The van der Waals surface area contributed by atoms with Gasteiger partial charge in [-0.25, -0.2) is 9.78 Å². The van der Waals surface area contributed by atoms with E-state index in [9.17, 15) is 15.0 Å². The van der Waals surface area contributed by atoms with Crippen LogP contribution in [0.5, 0.6) is 5.75 Å². The molecule has 0 bridgehead atoms. The minimum atomic E-state index is -1.09. The monoisotopic (exact) mass is 313 g/mol. The Balaban J connectivity index is 1.93. The van der Waals surface area contributed by atoms with Gasteiger partial charge in [-0.3, -0.25) is 0 Å². The van der Waals surface area contributed by atoms with Gasteiger partial charge in [-0.1, -0.05) is 24.3 Å². The summed E-state index contributed by atoms with van der Waals surface area (Å²) in [6, 6.07) is 13.6. The van der Waals surface area contributed by atoms with Crippen LogP contribution in [0.2, 0.25) is 0 Å². The fraction of sp³-hybridized carbons (Fsp3) is 0. The van der Waals surface area contributed by atoms with Crippen molar-refractivity contribution in [2.24, 2.45) is 0 Å². The molecule has 0 spiro atoms. The van der Waals surface area contributed by atoms with Gasteiger partial charge in [-0.05, 0) is 47.7 Å². The number of benzene rings is 2. The van der Waals surface area contributed by atoms with E-state index in [2.05, 4.69) is 4.98 Å². The summed E-state index contributed by atoms with van der Waals surface area (Å²) in [4.78, 5) is 15.7. The van der Waals surface area contributed by atoms with E-state index in [0.29, 0.717) is 16.7 Å². The van der Waals surface area contributed by atoms with Crippen LogP contribution in [0, 0.1) is 0 Å². The van der Waals surface area contributed by atoms with Crippen LogP contribution in [-0.4, -0.2) is 21.2 Å². The lowest BCUT2D eigenvalue weighted by Gasteiger charge is -2.00. The minimum Gasteiger partial charge on any atom is -0.508 e. The quantitative estimate of drug-likeness (QED) is 0.564. The molecule has 6 heteroatoms. The highest BCUT2D eigenvalue weighted by Gasteiger charge is 2.14. The molecule has 0 aliphatic heterocycles. The number of phenols is 1. The first-order valence-corrected chi connectivity index (χ1v) is 7.21. The molecule has 3 aromatic rings. The van der Waals surface area contributed by atoms with Crippen LogP contribution in [0.3, 0.4) is 0 Å². The maximum atomic E-state index is 11.4. The molecule has 0 saturated carbocycles. The number of hydrogen-bond acceptors (Lipinski definition) is 5.